The molecule has 0 radical (unpaired) electrons. The summed E-state index contributed by atoms with van der Waals surface area (Å²) in [7, 11) is 0. The SMILES string of the molecule is C=CC1CCC(c2ccc(OC[C@H]3CC(F)=C(F)[C@H](F)C3)cc2)CC1. The van der Waals surface area contributed by atoms with Gasteiger partial charge in [-0.3, -0.25) is 0 Å². The van der Waals surface area contributed by atoms with Crippen molar-refractivity contribution in [3.8, 4) is 5.75 Å². The van der Waals surface area contributed by atoms with Gasteiger partial charge in [0, 0.05) is 12.3 Å². The first-order chi connectivity index (χ1) is 12.1. The first kappa shape index (κ1) is 18.1. The summed E-state index contributed by atoms with van der Waals surface area (Å²) in [6, 6.07) is 7.98. The Morgan fingerprint density at radius 2 is 1.76 bits per heavy atom. The highest BCUT2D eigenvalue weighted by Crippen LogP contribution is 2.37. The molecule has 0 saturated heterocycles. The van der Waals surface area contributed by atoms with Crippen LogP contribution in [0.25, 0.3) is 0 Å². The van der Waals surface area contributed by atoms with Crippen LogP contribution < -0.4 is 4.74 Å². The summed E-state index contributed by atoms with van der Waals surface area (Å²) in [6.07, 6.45) is 4.84. The average molecular weight is 350 g/mol. The highest BCUT2D eigenvalue weighted by molar-refractivity contribution is 5.30. The van der Waals surface area contributed by atoms with E-state index in [1.165, 1.54) is 31.2 Å². The molecular formula is C21H25F3O. The van der Waals surface area contributed by atoms with Crippen molar-refractivity contribution in [2.75, 3.05) is 6.61 Å². The van der Waals surface area contributed by atoms with Crippen molar-refractivity contribution in [2.45, 2.75) is 50.6 Å². The molecule has 0 heterocycles. The number of alkyl halides is 1. The van der Waals surface area contributed by atoms with Crippen LogP contribution in [0.5, 0.6) is 5.75 Å². The van der Waals surface area contributed by atoms with Gasteiger partial charge in [0.1, 0.15) is 11.6 Å². The molecule has 136 valence electrons. The van der Waals surface area contributed by atoms with E-state index < -0.39 is 17.8 Å². The van der Waals surface area contributed by atoms with E-state index in [2.05, 4.69) is 24.8 Å². The molecule has 25 heavy (non-hydrogen) atoms. The van der Waals surface area contributed by atoms with Crippen molar-refractivity contribution in [3.63, 3.8) is 0 Å². The Bertz CT molecular complexity index is 615. The van der Waals surface area contributed by atoms with Gasteiger partial charge in [-0.25, -0.2) is 13.2 Å². The second-order valence-electron chi connectivity index (χ2n) is 7.25. The Kier molecular flexibility index (Phi) is 5.87. The van der Waals surface area contributed by atoms with Gasteiger partial charge in [0.2, 0.25) is 0 Å². The third-order valence-corrected chi connectivity index (χ3v) is 5.48. The summed E-state index contributed by atoms with van der Waals surface area (Å²) in [6.45, 7) is 4.08. The fourth-order valence-electron chi connectivity index (χ4n) is 3.87. The predicted octanol–water partition coefficient (Wildman–Crippen LogP) is 6.42. The van der Waals surface area contributed by atoms with Crippen molar-refractivity contribution >= 4 is 0 Å². The Labute approximate surface area is 147 Å². The lowest BCUT2D eigenvalue weighted by atomic mass is 9.79. The van der Waals surface area contributed by atoms with E-state index in [4.69, 9.17) is 4.74 Å². The van der Waals surface area contributed by atoms with Crippen LogP contribution in [0.15, 0.2) is 48.6 Å². The number of hydrogen-bond acceptors (Lipinski definition) is 1. The maximum Gasteiger partial charge on any atom is 0.165 e. The van der Waals surface area contributed by atoms with Crippen LogP contribution in [0.1, 0.15) is 50.0 Å². The minimum absolute atomic E-state index is 0.0239. The largest absolute Gasteiger partial charge is 0.493 e. The molecule has 1 aromatic carbocycles. The molecule has 0 bridgehead atoms. The van der Waals surface area contributed by atoms with Crippen LogP contribution in [0.4, 0.5) is 13.2 Å². The first-order valence-corrected chi connectivity index (χ1v) is 9.10. The van der Waals surface area contributed by atoms with Crippen LogP contribution in [-0.2, 0) is 0 Å². The number of hydrogen-bond donors (Lipinski definition) is 0. The van der Waals surface area contributed by atoms with E-state index in [1.807, 2.05) is 12.1 Å². The van der Waals surface area contributed by atoms with Gasteiger partial charge in [-0.05, 0) is 61.6 Å². The summed E-state index contributed by atoms with van der Waals surface area (Å²) in [5.41, 5.74) is 1.31. The lowest BCUT2D eigenvalue weighted by molar-refractivity contribution is 0.167. The lowest BCUT2D eigenvalue weighted by Crippen LogP contribution is -2.22. The number of rotatable bonds is 5. The maximum atomic E-state index is 13.4. The van der Waals surface area contributed by atoms with Gasteiger partial charge >= 0.3 is 0 Å². The van der Waals surface area contributed by atoms with Gasteiger partial charge in [-0.1, -0.05) is 18.2 Å². The highest BCUT2D eigenvalue weighted by Gasteiger charge is 2.30. The van der Waals surface area contributed by atoms with Gasteiger partial charge in [-0.15, -0.1) is 6.58 Å². The number of benzene rings is 1. The third-order valence-electron chi connectivity index (χ3n) is 5.48. The van der Waals surface area contributed by atoms with Gasteiger partial charge in [0.05, 0.1) is 6.61 Å². The summed E-state index contributed by atoms with van der Waals surface area (Å²) in [4.78, 5) is 0. The zero-order chi connectivity index (χ0) is 17.8. The van der Waals surface area contributed by atoms with Crippen LogP contribution in [0.3, 0.4) is 0 Å². The van der Waals surface area contributed by atoms with Crippen LogP contribution in [0, 0.1) is 11.8 Å². The topological polar surface area (TPSA) is 9.23 Å². The summed E-state index contributed by atoms with van der Waals surface area (Å²) >= 11 is 0. The fraction of sp³-hybridized carbons (Fsp3) is 0.524. The maximum absolute atomic E-state index is 13.4. The van der Waals surface area contributed by atoms with E-state index in [0.29, 0.717) is 17.6 Å². The van der Waals surface area contributed by atoms with E-state index in [0.717, 1.165) is 0 Å². The highest BCUT2D eigenvalue weighted by atomic mass is 19.2. The molecule has 3 rings (SSSR count). The lowest BCUT2D eigenvalue weighted by Gasteiger charge is -2.27. The molecule has 1 nitrogen and oxygen atoms in total. The number of halogens is 3. The molecule has 1 aromatic rings. The molecule has 4 heteroatoms. The average Bonchev–Trinajstić information content (AvgIpc) is 2.65. The Morgan fingerprint density at radius 1 is 1.08 bits per heavy atom. The second kappa shape index (κ2) is 8.11. The second-order valence-corrected chi connectivity index (χ2v) is 7.25. The quantitative estimate of drug-likeness (QED) is 0.556. The van der Waals surface area contributed by atoms with Gasteiger partial charge in [0.25, 0.3) is 0 Å². The van der Waals surface area contributed by atoms with Crippen LogP contribution in [-0.4, -0.2) is 12.8 Å². The molecule has 1 fully saturated rings. The van der Waals surface area contributed by atoms with E-state index >= 15 is 0 Å². The molecule has 0 spiro atoms. The number of ether oxygens (including phenoxy) is 1. The van der Waals surface area contributed by atoms with Crippen LogP contribution in [0.2, 0.25) is 0 Å². The van der Waals surface area contributed by atoms with Crippen molar-refractivity contribution in [1.82, 2.24) is 0 Å². The summed E-state index contributed by atoms with van der Waals surface area (Å²) < 4.78 is 45.4. The standard InChI is InChI=1S/C21H25F3O/c1-2-14-3-5-16(6-4-14)17-7-9-18(10-8-17)25-13-15-11-19(22)21(24)20(23)12-15/h2,7-10,14-16,19H,1,3-6,11-13H2/t14?,15-,16?,19-/m1/s1. The predicted molar refractivity (Wildman–Crippen MR) is 93.7 cm³/mol. The van der Waals surface area contributed by atoms with E-state index in [9.17, 15) is 13.2 Å². The van der Waals surface area contributed by atoms with Crippen molar-refractivity contribution in [3.05, 3.63) is 54.1 Å². The molecule has 0 aliphatic heterocycles. The Morgan fingerprint density at radius 3 is 2.36 bits per heavy atom. The van der Waals surface area contributed by atoms with Crippen molar-refractivity contribution in [2.24, 2.45) is 11.8 Å². The Hall–Kier alpha value is -1.71. The fourth-order valence-corrected chi connectivity index (χ4v) is 3.87. The third kappa shape index (κ3) is 4.47. The van der Waals surface area contributed by atoms with Crippen molar-refractivity contribution in [1.29, 1.82) is 0 Å². The minimum atomic E-state index is -1.84. The summed E-state index contributed by atoms with van der Waals surface area (Å²) in [5.74, 6) is -0.631. The monoisotopic (exact) mass is 350 g/mol. The smallest absolute Gasteiger partial charge is 0.165 e. The van der Waals surface area contributed by atoms with Gasteiger partial charge < -0.3 is 4.74 Å². The zero-order valence-corrected chi connectivity index (χ0v) is 14.4. The van der Waals surface area contributed by atoms with Crippen molar-refractivity contribution < 1.29 is 17.9 Å². The Balaban J connectivity index is 1.51. The molecule has 0 unspecified atom stereocenters. The molecule has 0 N–H and O–H groups in total. The number of allylic oxidation sites excluding steroid dienone is 3. The first-order valence-electron chi connectivity index (χ1n) is 9.10. The van der Waals surface area contributed by atoms with E-state index in [1.54, 1.807) is 0 Å². The van der Waals surface area contributed by atoms with Gasteiger partial charge in [-0.2, -0.15) is 0 Å². The molecule has 0 amide bonds. The molecule has 2 atom stereocenters. The summed E-state index contributed by atoms with van der Waals surface area (Å²) in [5, 5.41) is 0. The zero-order valence-electron chi connectivity index (χ0n) is 14.4. The van der Waals surface area contributed by atoms with E-state index in [-0.39, 0.29) is 25.4 Å². The molecular weight excluding hydrogens is 325 g/mol. The molecule has 2 aliphatic carbocycles. The minimum Gasteiger partial charge on any atom is -0.493 e. The van der Waals surface area contributed by atoms with Crippen LogP contribution >= 0.6 is 0 Å². The molecule has 1 saturated carbocycles. The molecule has 0 aromatic heterocycles. The molecule has 2 aliphatic rings. The van der Waals surface area contributed by atoms with Gasteiger partial charge in [0.15, 0.2) is 12.0 Å². The normalized spacial score (nSPS) is 30.2.